The Kier molecular flexibility index (Phi) is 4.31. The minimum absolute atomic E-state index is 0.458. The average molecular weight is 234 g/mol. The Labute approximate surface area is 103 Å². The van der Waals surface area contributed by atoms with Crippen LogP contribution in [0.25, 0.3) is 0 Å². The van der Waals surface area contributed by atoms with Gasteiger partial charge < -0.3 is 10.6 Å². The van der Waals surface area contributed by atoms with E-state index in [1.165, 1.54) is 38.5 Å². The molecule has 1 aromatic heterocycles. The summed E-state index contributed by atoms with van der Waals surface area (Å²) in [4.78, 5) is 11.0. The van der Waals surface area contributed by atoms with E-state index in [9.17, 15) is 0 Å². The molecular formula is C13H22N4. The third kappa shape index (κ3) is 3.16. The summed E-state index contributed by atoms with van der Waals surface area (Å²) in [7, 11) is 2.13. The SMILES string of the molecule is CN(c1cncc(CN)n1)C1CCCCCC1. The number of hydrogen-bond acceptors (Lipinski definition) is 4. The van der Waals surface area contributed by atoms with Gasteiger partial charge in [-0.25, -0.2) is 4.98 Å². The average Bonchev–Trinajstić information content (AvgIpc) is 2.67. The van der Waals surface area contributed by atoms with Crippen LogP contribution in [-0.2, 0) is 6.54 Å². The number of anilines is 1. The number of nitrogens with two attached hydrogens (primary N) is 1. The van der Waals surface area contributed by atoms with Crippen LogP contribution in [0.3, 0.4) is 0 Å². The summed E-state index contributed by atoms with van der Waals surface area (Å²) in [5, 5.41) is 0. The monoisotopic (exact) mass is 234 g/mol. The Morgan fingerprint density at radius 1 is 1.24 bits per heavy atom. The van der Waals surface area contributed by atoms with Crippen LogP contribution in [0.5, 0.6) is 0 Å². The Morgan fingerprint density at radius 2 is 1.94 bits per heavy atom. The molecule has 1 saturated carbocycles. The van der Waals surface area contributed by atoms with Crippen molar-refractivity contribution in [2.45, 2.75) is 51.1 Å². The first-order valence-corrected chi connectivity index (χ1v) is 6.55. The summed E-state index contributed by atoms with van der Waals surface area (Å²) in [6.07, 6.45) is 11.5. The van der Waals surface area contributed by atoms with E-state index in [1.54, 1.807) is 6.20 Å². The molecule has 0 radical (unpaired) electrons. The van der Waals surface area contributed by atoms with Crippen molar-refractivity contribution in [3.8, 4) is 0 Å². The summed E-state index contributed by atoms with van der Waals surface area (Å²) in [6.45, 7) is 0.458. The Bertz CT molecular complexity index is 345. The zero-order chi connectivity index (χ0) is 12.1. The van der Waals surface area contributed by atoms with Gasteiger partial charge in [0.15, 0.2) is 0 Å². The maximum absolute atomic E-state index is 5.60. The maximum Gasteiger partial charge on any atom is 0.147 e. The predicted octanol–water partition coefficient (Wildman–Crippen LogP) is 2.09. The van der Waals surface area contributed by atoms with Gasteiger partial charge in [-0.3, -0.25) is 4.98 Å². The molecule has 1 heterocycles. The lowest BCUT2D eigenvalue weighted by Gasteiger charge is -2.28. The molecule has 2 N–H and O–H groups in total. The van der Waals surface area contributed by atoms with Gasteiger partial charge in [-0.1, -0.05) is 25.7 Å². The van der Waals surface area contributed by atoms with Gasteiger partial charge in [0.05, 0.1) is 11.9 Å². The Hall–Kier alpha value is -1.16. The fourth-order valence-electron chi connectivity index (χ4n) is 2.50. The molecule has 0 amide bonds. The van der Waals surface area contributed by atoms with Crippen LogP contribution in [0, 0.1) is 0 Å². The number of aromatic nitrogens is 2. The first kappa shape index (κ1) is 12.3. The molecule has 0 aliphatic heterocycles. The Morgan fingerprint density at radius 3 is 2.59 bits per heavy atom. The smallest absolute Gasteiger partial charge is 0.147 e. The Balaban J connectivity index is 2.08. The lowest BCUT2D eigenvalue weighted by molar-refractivity contribution is 0.548. The van der Waals surface area contributed by atoms with Crippen molar-refractivity contribution in [3.63, 3.8) is 0 Å². The molecule has 17 heavy (non-hydrogen) atoms. The molecule has 4 nitrogen and oxygen atoms in total. The summed E-state index contributed by atoms with van der Waals surface area (Å²) in [5.41, 5.74) is 6.47. The third-order valence-electron chi connectivity index (χ3n) is 3.61. The summed E-state index contributed by atoms with van der Waals surface area (Å²) in [6, 6.07) is 0.611. The van der Waals surface area contributed by atoms with Gasteiger partial charge in [0.2, 0.25) is 0 Å². The lowest BCUT2D eigenvalue weighted by Crippen LogP contribution is -2.32. The fourth-order valence-corrected chi connectivity index (χ4v) is 2.50. The molecule has 1 aliphatic rings. The quantitative estimate of drug-likeness (QED) is 0.814. The lowest BCUT2D eigenvalue weighted by atomic mass is 10.1. The first-order chi connectivity index (χ1) is 8.31. The standard InChI is InChI=1S/C13H22N4/c1-17(12-6-4-2-3-5-7-12)13-10-15-9-11(8-14)16-13/h9-10,12H,2-8,14H2,1H3. The zero-order valence-electron chi connectivity index (χ0n) is 10.6. The maximum atomic E-state index is 5.60. The molecule has 0 atom stereocenters. The van der Waals surface area contributed by atoms with Crippen LogP contribution >= 0.6 is 0 Å². The second-order valence-electron chi connectivity index (χ2n) is 4.83. The van der Waals surface area contributed by atoms with E-state index in [0.29, 0.717) is 12.6 Å². The molecule has 0 bridgehead atoms. The molecular weight excluding hydrogens is 212 g/mol. The first-order valence-electron chi connectivity index (χ1n) is 6.55. The second-order valence-corrected chi connectivity index (χ2v) is 4.83. The molecule has 2 rings (SSSR count). The van der Waals surface area contributed by atoms with Crippen molar-refractivity contribution in [2.75, 3.05) is 11.9 Å². The third-order valence-corrected chi connectivity index (χ3v) is 3.61. The van der Waals surface area contributed by atoms with Crippen LogP contribution in [0.1, 0.15) is 44.2 Å². The molecule has 0 saturated heterocycles. The van der Waals surface area contributed by atoms with Crippen LogP contribution in [-0.4, -0.2) is 23.1 Å². The van der Waals surface area contributed by atoms with Crippen LogP contribution in [0.15, 0.2) is 12.4 Å². The molecule has 1 aliphatic carbocycles. The second kappa shape index (κ2) is 5.96. The van der Waals surface area contributed by atoms with Gasteiger partial charge in [-0.15, -0.1) is 0 Å². The largest absolute Gasteiger partial charge is 0.355 e. The van der Waals surface area contributed by atoms with Crippen molar-refractivity contribution in [1.82, 2.24) is 9.97 Å². The highest BCUT2D eigenvalue weighted by Gasteiger charge is 2.18. The van der Waals surface area contributed by atoms with E-state index < -0.39 is 0 Å². The van der Waals surface area contributed by atoms with Gasteiger partial charge in [0, 0.05) is 25.8 Å². The van der Waals surface area contributed by atoms with Crippen molar-refractivity contribution in [1.29, 1.82) is 0 Å². The fraction of sp³-hybridized carbons (Fsp3) is 0.692. The molecule has 1 fully saturated rings. The minimum atomic E-state index is 0.458. The van der Waals surface area contributed by atoms with Gasteiger partial charge in [0.25, 0.3) is 0 Å². The van der Waals surface area contributed by atoms with Crippen molar-refractivity contribution >= 4 is 5.82 Å². The summed E-state index contributed by atoms with van der Waals surface area (Å²) >= 11 is 0. The van der Waals surface area contributed by atoms with E-state index >= 15 is 0 Å². The predicted molar refractivity (Wildman–Crippen MR) is 69.8 cm³/mol. The topological polar surface area (TPSA) is 55.0 Å². The minimum Gasteiger partial charge on any atom is -0.355 e. The van der Waals surface area contributed by atoms with Crippen molar-refractivity contribution < 1.29 is 0 Å². The van der Waals surface area contributed by atoms with E-state index in [2.05, 4.69) is 21.9 Å². The van der Waals surface area contributed by atoms with Crippen molar-refractivity contribution in [2.24, 2.45) is 5.73 Å². The molecule has 1 aromatic rings. The number of nitrogens with zero attached hydrogens (tertiary/aromatic N) is 3. The van der Waals surface area contributed by atoms with E-state index in [0.717, 1.165) is 11.5 Å². The van der Waals surface area contributed by atoms with E-state index in [-0.39, 0.29) is 0 Å². The number of rotatable bonds is 3. The molecule has 0 aromatic carbocycles. The summed E-state index contributed by atoms with van der Waals surface area (Å²) in [5.74, 6) is 0.958. The van der Waals surface area contributed by atoms with Crippen molar-refractivity contribution in [3.05, 3.63) is 18.1 Å². The van der Waals surface area contributed by atoms with Gasteiger partial charge >= 0.3 is 0 Å². The highest BCUT2D eigenvalue weighted by Crippen LogP contribution is 2.23. The van der Waals surface area contributed by atoms with Crippen LogP contribution < -0.4 is 10.6 Å². The van der Waals surface area contributed by atoms with Gasteiger partial charge in [0.1, 0.15) is 5.82 Å². The van der Waals surface area contributed by atoms with E-state index in [1.807, 2.05) is 6.20 Å². The summed E-state index contributed by atoms with van der Waals surface area (Å²) < 4.78 is 0. The highest BCUT2D eigenvalue weighted by molar-refractivity contribution is 5.36. The molecule has 94 valence electrons. The van der Waals surface area contributed by atoms with Crippen LogP contribution in [0.2, 0.25) is 0 Å². The molecule has 0 unspecified atom stereocenters. The highest BCUT2D eigenvalue weighted by atomic mass is 15.2. The number of hydrogen-bond donors (Lipinski definition) is 1. The zero-order valence-corrected chi connectivity index (χ0v) is 10.6. The normalized spacial score (nSPS) is 17.8. The van der Waals surface area contributed by atoms with Gasteiger partial charge in [-0.05, 0) is 12.8 Å². The molecule has 0 spiro atoms. The van der Waals surface area contributed by atoms with Crippen LogP contribution in [0.4, 0.5) is 5.82 Å². The molecule has 4 heteroatoms. The van der Waals surface area contributed by atoms with E-state index in [4.69, 9.17) is 5.73 Å². The van der Waals surface area contributed by atoms with Gasteiger partial charge in [-0.2, -0.15) is 0 Å².